The molecule has 31 heavy (non-hydrogen) atoms. The highest BCUT2D eigenvalue weighted by Gasteiger charge is 2.30. The number of aromatic amines is 2. The first-order chi connectivity index (χ1) is 15.1. The first kappa shape index (κ1) is 19.3. The van der Waals surface area contributed by atoms with Gasteiger partial charge in [0.2, 0.25) is 0 Å². The van der Waals surface area contributed by atoms with E-state index in [-0.39, 0.29) is 5.92 Å². The number of aromatic nitrogens is 2. The summed E-state index contributed by atoms with van der Waals surface area (Å²) in [5, 5.41) is 2.44. The molecule has 0 saturated carbocycles. The van der Waals surface area contributed by atoms with Crippen molar-refractivity contribution in [2.75, 3.05) is 14.2 Å². The summed E-state index contributed by atoms with van der Waals surface area (Å²) in [6.07, 6.45) is 0. The van der Waals surface area contributed by atoms with Crippen molar-refractivity contribution in [2.24, 2.45) is 0 Å². The SMILES string of the molecule is COc1cccc(C(c2c(C)[nH]c3ccccc23)c2c(C)[nH]c3ccccc23)c1OC. The van der Waals surface area contributed by atoms with Gasteiger partial charge in [-0.25, -0.2) is 0 Å². The van der Waals surface area contributed by atoms with Crippen LogP contribution in [0.1, 0.15) is 34.0 Å². The monoisotopic (exact) mass is 410 g/mol. The van der Waals surface area contributed by atoms with Gasteiger partial charge in [-0.05, 0) is 43.2 Å². The molecule has 2 N–H and O–H groups in total. The number of hydrogen-bond donors (Lipinski definition) is 2. The maximum absolute atomic E-state index is 5.90. The largest absolute Gasteiger partial charge is 0.493 e. The van der Waals surface area contributed by atoms with E-state index in [1.54, 1.807) is 14.2 Å². The average Bonchev–Trinajstić information content (AvgIpc) is 3.30. The van der Waals surface area contributed by atoms with E-state index < -0.39 is 0 Å². The summed E-state index contributed by atoms with van der Waals surface area (Å²) in [4.78, 5) is 7.18. The standard InChI is InChI=1S/C27H26N2O2/c1-16-24(18-10-5-7-13-21(18)28-16)26(20-12-9-15-23(30-3)27(20)31-4)25-17(2)29-22-14-8-6-11-19(22)25/h5-15,26,28-29H,1-4H3. The molecule has 156 valence electrons. The second-order valence-electron chi connectivity index (χ2n) is 7.93. The molecule has 2 aromatic heterocycles. The van der Waals surface area contributed by atoms with Crippen LogP contribution in [0.2, 0.25) is 0 Å². The molecular weight excluding hydrogens is 384 g/mol. The molecule has 0 atom stereocenters. The highest BCUT2D eigenvalue weighted by molar-refractivity contribution is 5.91. The Hall–Kier alpha value is -3.66. The Bertz CT molecular complexity index is 1310. The maximum Gasteiger partial charge on any atom is 0.164 e. The molecule has 0 amide bonds. The molecule has 5 aromatic rings. The fourth-order valence-corrected chi connectivity index (χ4v) is 4.94. The van der Waals surface area contributed by atoms with Crippen molar-refractivity contribution < 1.29 is 9.47 Å². The van der Waals surface area contributed by atoms with Gasteiger partial charge in [-0.15, -0.1) is 0 Å². The molecular formula is C27H26N2O2. The van der Waals surface area contributed by atoms with E-state index in [0.29, 0.717) is 0 Å². The zero-order chi connectivity index (χ0) is 21.5. The predicted octanol–water partition coefficient (Wildman–Crippen LogP) is 6.46. The second kappa shape index (κ2) is 7.55. The number of ether oxygens (including phenoxy) is 2. The molecule has 0 aliphatic heterocycles. The van der Waals surface area contributed by atoms with Crippen molar-refractivity contribution in [3.63, 3.8) is 0 Å². The zero-order valence-electron chi connectivity index (χ0n) is 18.2. The number of para-hydroxylation sites is 3. The Morgan fingerprint density at radius 2 is 1.19 bits per heavy atom. The summed E-state index contributed by atoms with van der Waals surface area (Å²) < 4.78 is 11.6. The van der Waals surface area contributed by atoms with Crippen molar-refractivity contribution in [3.05, 3.63) is 94.8 Å². The van der Waals surface area contributed by atoms with Gasteiger partial charge in [0.05, 0.1) is 14.2 Å². The van der Waals surface area contributed by atoms with E-state index in [9.17, 15) is 0 Å². The molecule has 4 nitrogen and oxygen atoms in total. The number of benzene rings is 3. The molecule has 0 aliphatic rings. The molecule has 3 aromatic carbocycles. The van der Waals surface area contributed by atoms with E-state index in [0.717, 1.165) is 39.5 Å². The quantitative estimate of drug-likeness (QED) is 0.349. The topological polar surface area (TPSA) is 50.0 Å². The summed E-state index contributed by atoms with van der Waals surface area (Å²) in [7, 11) is 3.40. The first-order valence-corrected chi connectivity index (χ1v) is 10.5. The van der Waals surface area contributed by atoms with Crippen molar-refractivity contribution in [1.29, 1.82) is 0 Å². The van der Waals surface area contributed by atoms with Crippen molar-refractivity contribution in [1.82, 2.24) is 9.97 Å². The Morgan fingerprint density at radius 1 is 0.645 bits per heavy atom. The fraction of sp³-hybridized carbons (Fsp3) is 0.185. The lowest BCUT2D eigenvalue weighted by atomic mass is 9.81. The third kappa shape index (κ3) is 2.98. The van der Waals surface area contributed by atoms with Gasteiger partial charge in [-0.1, -0.05) is 48.5 Å². The molecule has 0 saturated heterocycles. The van der Waals surface area contributed by atoms with Gasteiger partial charge in [-0.3, -0.25) is 0 Å². The fourth-order valence-electron chi connectivity index (χ4n) is 4.94. The Labute approximate surface area is 181 Å². The summed E-state index contributed by atoms with van der Waals surface area (Å²) in [5.74, 6) is 1.47. The Morgan fingerprint density at radius 3 is 1.71 bits per heavy atom. The summed E-state index contributed by atoms with van der Waals surface area (Å²) in [6, 6.07) is 23.1. The van der Waals surface area contributed by atoms with Crippen LogP contribution in [-0.2, 0) is 0 Å². The van der Waals surface area contributed by atoms with E-state index in [4.69, 9.17) is 9.47 Å². The number of rotatable bonds is 5. The second-order valence-corrected chi connectivity index (χ2v) is 7.93. The molecule has 2 heterocycles. The van der Waals surface area contributed by atoms with Gasteiger partial charge in [0.1, 0.15) is 0 Å². The first-order valence-electron chi connectivity index (χ1n) is 10.5. The molecule has 0 aliphatic carbocycles. The van der Waals surface area contributed by atoms with E-state index in [1.165, 1.54) is 21.9 Å². The van der Waals surface area contributed by atoms with Crippen LogP contribution in [0.15, 0.2) is 66.7 Å². The molecule has 5 rings (SSSR count). The highest BCUT2D eigenvalue weighted by atomic mass is 16.5. The van der Waals surface area contributed by atoms with Crippen LogP contribution in [0.4, 0.5) is 0 Å². The molecule has 0 bridgehead atoms. The van der Waals surface area contributed by atoms with Crippen molar-refractivity contribution in [3.8, 4) is 11.5 Å². The van der Waals surface area contributed by atoms with Crippen LogP contribution >= 0.6 is 0 Å². The molecule has 0 fully saturated rings. The Balaban J connectivity index is 1.91. The average molecular weight is 411 g/mol. The lowest BCUT2D eigenvalue weighted by molar-refractivity contribution is 0.351. The number of fused-ring (bicyclic) bond motifs is 2. The van der Waals surface area contributed by atoms with E-state index in [2.05, 4.69) is 78.4 Å². The van der Waals surface area contributed by atoms with Gasteiger partial charge in [0, 0.05) is 44.7 Å². The number of nitrogens with one attached hydrogen (secondary N) is 2. The zero-order valence-corrected chi connectivity index (χ0v) is 18.2. The predicted molar refractivity (Wildman–Crippen MR) is 127 cm³/mol. The van der Waals surface area contributed by atoms with Crippen LogP contribution in [0.5, 0.6) is 11.5 Å². The molecule has 0 radical (unpaired) electrons. The lowest BCUT2D eigenvalue weighted by Crippen LogP contribution is -2.08. The summed E-state index contributed by atoms with van der Waals surface area (Å²) in [5.41, 5.74) is 8.19. The third-order valence-electron chi connectivity index (χ3n) is 6.21. The van der Waals surface area contributed by atoms with E-state index in [1.807, 2.05) is 12.1 Å². The maximum atomic E-state index is 5.90. The normalized spacial score (nSPS) is 11.5. The van der Waals surface area contributed by atoms with Crippen LogP contribution in [0.3, 0.4) is 0 Å². The highest BCUT2D eigenvalue weighted by Crippen LogP contribution is 2.47. The van der Waals surface area contributed by atoms with Crippen molar-refractivity contribution >= 4 is 21.8 Å². The van der Waals surface area contributed by atoms with Crippen LogP contribution < -0.4 is 9.47 Å². The van der Waals surface area contributed by atoms with Gasteiger partial charge >= 0.3 is 0 Å². The van der Waals surface area contributed by atoms with Gasteiger partial charge in [0.25, 0.3) is 0 Å². The van der Waals surface area contributed by atoms with Crippen LogP contribution in [0.25, 0.3) is 21.8 Å². The number of aryl methyl sites for hydroxylation is 2. The number of hydrogen-bond acceptors (Lipinski definition) is 2. The van der Waals surface area contributed by atoms with E-state index >= 15 is 0 Å². The number of methoxy groups -OCH3 is 2. The lowest BCUT2D eigenvalue weighted by Gasteiger charge is -2.23. The summed E-state index contributed by atoms with van der Waals surface area (Å²) >= 11 is 0. The minimum Gasteiger partial charge on any atom is -0.493 e. The molecule has 4 heteroatoms. The molecule has 0 spiro atoms. The number of H-pyrrole nitrogens is 2. The van der Waals surface area contributed by atoms with Gasteiger partial charge in [0.15, 0.2) is 11.5 Å². The summed E-state index contributed by atoms with van der Waals surface area (Å²) in [6.45, 7) is 4.30. The third-order valence-corrected chi connectivity index (χ3v) is 6.21. The Kier molecular flexibility index (Phi) is 4.70. The minimum atomic E-state index is -0.0302. The van der Waals surface area contributed by atoms with Gasteiger partial charge < -0.3 is 19.4 Å². The smallest absolute Gasteiger partial charge is 0.164 e. The van der Waals surface area contributed by atoms with Crippen LogP contribution in [0, 0.1) is 13.8 Å². The molecule has 0 unspecified atom stereocenters. The van der Waals surface area contributed by atoms with Crippen LogP contribution in [-0.4, -0.2) is 24.2 Å². The van der Waals surface area contributed by atoms with Crippen molar-refractivity contribution in [2.45, 2.75) is 19.8 Å². The minimum absolute atomic E-state index is 0.0302. The van der Waals surface area contributed by atoms with Gasteiger partial charge in [-0.2, -0.15) is 0 Å².